The fourth-order valence-electron chi connectivity index (χ4n) is 5.03. The molecule has 0 bridgehead atoms. The van der Waals surface area contributed by atoms with E-state index in [0.29, 0.717) is 22.9 Å². The van der Waals surface area contributed by atoms with Gasteiger partial charge in [-0.15, -0.1) is 29.7 Å². The molecule has 2 aromatic heterocycles. The Hall–Kier alpha value is -4.98. The van der Waals surface area contributed by atoms with Gasteiger partial charge >= 0.3 is 0 Å². The van der Waals surface area contributed by atoms with Crippen LogP contribution in [0, 0.1) is 29.8 Å². The Morgan fingerprint density at radius 2 is 1.66 bits per heavy atom. The van der Waals surface area contributed by atoms with Crippen molar-refractivity contribution in [2.75, 3.05) is 0 Å². The van der Waals surface area contributed by atoms with Crippen LogP contribution < -0.4 is 9.30 Å². The number of hydrogen-bond donors (Lipinski definition) is 0. The van der Waals surface area contributed by atoms with Crippen LogP contribution in [0.25, 0.3) is 38.5 Å². The standard InChI is InChI=1S/C34H21N5O.Pt/c1-37-23-38(32-14-5-4-13-31(32)37)25-9-6-10-26(20-25)40-27-16-17-29-28-11-2-3-12-30(28)39(33(29)21-27)34-18-15-24(22-35)8-7-19-36-34;/h2-19H,1H3;/q-2;/b8-7?,18-15-,19-7-,24-8+,24-15?,34-18?,36-19?,36-34+;. The number of para-hydroxylation sites is 3. The van der Waals surface area contributed by atoms with E-state index in [2.05, 4.69) is 53.8 Å². The summed E-state index contributed by atoms with van der Waals surface area (Å²) in [5, 5.41) is 11.5. The average Bonchev–Trinajstić information content (AvgIpc) is 3.48. The van der Waals surface area contributed by atoms with Crippen LogP contribution in [0.5, 0.6) is 11.5 Å². The minimum absolute atomic E-state index is 0. The van der Waals surface area contributed by atoms with Gasteiger partial charge in [-0.3, -0.25) is 0 Å². The molecule has 4 aromatic carbocycles. The number of aryl methyl sites for hydroxylation is 1. The van der Waals surface area contributed by atoms with Crippen LogP contribution in [0.15, 0.2) is 120 Å². The van der Waals surface area contributed by atoms with Gasteiger partial charge in [-0.05, 0) is 35.8 Å². The zero-order valence-electron chi connectivity index (χ0n) is 21.9. The second-order valence-electron chi connectivity index (χ2n) is 9.32. The maximum atomic E-state index is 9.41. The second kappa shape index (κ2) is 10.9. The van der Waals surface area contributed by atoms with E-state index in [-0.39, 0.29) is 21.1 Å². The Kier molecular flexibility index (Phi) is 6.97. The van der Waals surface area contributed by atoms with Crippen LogP contribution >= 0.6 is 0 Å². The average molecular weight is 711 g/mol. The number of aliphatic imine (C=N–C) groups is 1. The molecule has 0 spiro atoms. The molecule has 200 valence electrons. The first-order valence-electron chi connectivity index (χ1n) is 12.8. The largest absolute Gasteiger partial charge is 0.510 e. The second-order valence-corrected chi connectivity index (χ2v) is 9.32. The number of hydrogen-bond acceptors (Lipinski definition) is 3. The van der Waals surface area contributed by atoms with E-state index in [1.165, 1.54) is 0 Å². The Bertz CT molecular complexity index is 2120. The fourth-order valence-corrected chi connectivity index (χ4v) is 5.03. The third-order valence-corrected chi connectivity index (χ3v) is 6.84. The van der Waals surface area contributed by atoms with Crippen molar-refractivity contribution in [1.29, 1.82) is 5.26 Å². The molecule has 7 heteroatoms. The summed E-state index contributed by atoms with van der Waals surface area (Å²) in [6.07, 6.45) is 12.2. The number of allylic oxidation sites excluding steroid dienone is 5. The molecule has 6 nitrogen and oxygen atoms in total. The first-order chi connectivity index (χ1) is 19.7. The molecule has 1 aliphatic rings. The molecule has 3 heterocycles. The van der Waals surface area contributed by atoms with Gasteiger partial charge in [0.05, 0.1) is 29.7 Å². The quantitative estimate of drug-likeness (QED) is 0.155. The van der Waals surface area contributed by atoms with E-state index in [0.717, 1.165) is 38.5 Å². The minimum Gasteiger partial charge on any atom is -0.510 e. The molecule has 0 saturated carbocycles. The monoisotopic (exact) mass is 710 g/mol. The van der Waals surface area contributed by atoms with Gasteiger partial charge < -0.3 is 18.4 Å². The predicted octanol–water partition coefficient (Wildman–Crippen LogP) is 6.53. The van der Waals surface area contributed by atoms with Crippen LogP contribution in [0.3, 0.4) is 0 Å². The van der Waals surface area contributed by atoms with Crippen molar-refractivity contribution in [2.24, 2.45) is 12.0 Å². The Labute approximate surface area is 251 Å². The third-order valence-electron chi connectivity index (χ3n) is 6.84. The molecule has 41 heavy (non-hydrogen) atoms. The summed E-state index contributed by atoms with van der Waals surface area (Å²) in [6, 6.07) is 35.1. The molecule has 6 aromatic rings. The summed E-state index contributed by atoms with van der Waals surface area (Å²) in [5.41, 5.74) is 5.30. The Balaban J connectivity index is 0.00000302. The molecule has 0 amide bonds. The van der Waals surface area contributed by atoms with E-state index in [9.17, 15) is 5.26 Å². The van der Waals surface area contributed by atoms with Gasteiger partial charge in [0.25, 0.3) is 0 Å². The zero-order valence-corrected chi connectivity index (χ0v) is 24.1. The summed E-state index contributed by atoms with van der Waals surface area (Å²) >= 11 is 0. The molecule has 0 saturated heterocycles. The smallest absolute Gasteiger partial charge is 0.242 e. The van der Waals surface area contributed by atoms with Gasteiger partial charge in [0.1, 0.15) is 5.84 Å². The molecule has 1 aliphatic heterocycles. The van der Waals surface area contributed by atoms with Gasteiger partial charge in [-0.2, -0.15) is 23.5 Å². The van der Waals surface area contributed by atoms with E-state index in [1.54, 1.807) is 24.4 Å². The number of aromatic nitrogens is 3. The first kappa shape index (κ1) is 26.3. The van der Waals surface area contributed by atoms with E-state index in [4.69, 9.17) is 4.74 Å². The minimum atomic E-state index is 0. The van der Waals surface area contributed by atoms with Crippen LogP contribution in [-0.4, -0.2) is 15.0 Å². The van der Waals surface area contributed by atoms with Crippen LogP contribution in [0.2, 0.25) is 0 Å². The van der Waals surface area contributed by atoms with Crippen molar-refractivity contribution < 1.29 is 30.4 Å². The Morgan fingerprint density at radius 3 is 2.54 bits per heavy atom. The van der Waals surface area contributed by atoms with Crippen molar-refractivity contribution in [3.05, 3.63) is 133 Å². The Morgan fingerprint density at radius 1 is 0.854 bits per heavy atom. The van der Waals surface area contributed by atoms with Gasteiger partial charge in [0, 0.05) is 44.3 Å². The molecule has 0 unspecified atom stereocenters. The van der Waals surface area contributed by atoms with Crippen molar-refractivity contribution in [1.82, 2.24) is 9.13 Å². The van der Waals surface area contributed by atoms with Crippen molar-refractivity contribution in [3.8, 4) is 23.3 Å². The van der Waals surface area contributed by atoms with Crippen LogP contribution in [-0.2, 0) is 28.1 Å². The molecule has 7 rings (SSSR count). The van der Waals surface area contributed by atoms with Gasteiger partial charge in [0.15, 0.2) is 0 Å². The van der Waals surface area contributed by atoms with E-state index < -0.39 is 0 Å². The topological polar surface area (TPSA) is 59.1 Å². The zero-order chi connectivity index (χ0) is 27.1. The van der Waals surface area contributed by atoms with Crippen LogP contribution in [0.1, 0.15) is 0 Å². The first-order valence-corrected chi connectivity index (χ1v) is 12.8. The summed E-state index contributed by atoms with van der Waals surface area (Å²) in [4.78, 5) is 4.66. The van der Waals surface area contributed by atoms with Crippen LogP contribution in [0.4, 0.5) is 0 Å². The van der Waals surface area contributed by atoms with Crippen molar-refractivity contribution in [2.45, 2.75) is 0 Å². The summed E-state index contributed by atoms with van der Waals surface area (Å²) < 4.78 is 12.3. The predicted molar refractivity (Wildman–Crippen MR) is 155 cm³/mol. The number of ether oxygens (including phenoxy) is 1. The molecule has 0 atom stereocenters. The maximum absolute atomic E-state index is 9.41. The molecule has 0 N–H and O–H groups in total. The van der Waals surface area contributed by atoms with Crippen molar-refractivity contribution in [3.63, 3.8) is 0 Å². The number of rotatable bonds is 3. The third kappa shape index (κ3) is 4.71. The molecule has 0 radical (unpaired) electrons. The maximum Gasteiger partial charge on any atom is 0.242 e. The summed E-state index contributed by atoms with van der Waals surface area (Å²) in [7, 11) is 1.98. The summed E-state index contributed by atoms with van der Waals surface area (Å²) in [6.45, 7) is 0. The number of imidazole rings is 1. The number of benzene rings is 4. The molecule has 0 aliphatic carbocycles. The normalized spacial score (nSPS) is 17.0. The molecular weight excluding hydrogens is 689 g/mol. The molecule has 0 fully saturated rings. The molecular formula is C34H21N5OPt-2. The van der Waals surface area contributed by atoms with E-state index in [1.807, 2.05) is 81.4 Å². The number of fused-ring (bicyclic) bond motifs is 4. The number of nitriles is 1. The van der Waals surface area contributed by atoms with Gasteiger partial charge in [-0.1, -0.05) is 53.7 Å². The van der Waals surface area contributed by atoms with E-state index >= 15 is 0 Å². The van der Waals surface area contributed by atoms with Gasteiger partial charge in [0.2, 0.25) is 6.33 Å². The fraction of sp³-hybridized carbons (Fsp3) is 0.0294. The van der Waals surface area contributed by atoms with Gasteiger partial charge in [-0.25, -0.2) is 4.99 Å². The number of nitrogens with zero attached hydrogens (tertiary/aromatic N) is 5. The van der Waals surface area contributed by atoms with Crippen molar-refractivity contribution >= 4 is 38.7 Å². The summed E-state index contributed by atoms with van der Waals surface area (Å²) in [5.74, 6) is 1.80. The SMILES string of the molecule is Cn1[c-][n+](-c2[c-]c(Oc3[c-]c4c(cc3)c3ccccc3n4C3=N/C=C\C=C(C#N)/C=C\3)ccc2)c2ccccc21.[Pt].